The van der Waals surface area contributed by atoms with Crippen molar-refractivity contribution in [1.29, 1.82) is 0 Å². The van der Waals surface area contributed by atoms with Gasteiger partial charge in [-0.1, -0.05) is 0 Å². The molecule has 1 aliphatic rings. The lowest BCUT2D eigenvalue weighted by Crippen LogP contribution is -2.34. The lowest BCUT2D eigenvalue weighted by atomic mass is 10.0. The van der Waals surface area contributed by atoms with E-state index in [-0.39, 0.29) is 18.2 Å². The van der Waals surface area contributed by atoms with Gasteiger partial charge < -0.3 is 0 Å². The van der Waals surface area contributed by atoms with Gasteiger partial charge in [0.15, 0.2) is 11.5 Å². The molecule has 0 amide bonds. The minimum atomic E-state index is -4.44. The van der Waals surface area contributed by atoms with Gasteiger partial charge in [0.05, 0.1) is 6.04 Å². The van der Waals surface area contributed by atoms with Gasteiger partial charge >= 0.3 is 6.18 Å². The van der Waals surface area contributed by atoms with Crippen molar-refractivity contribution in [3.63, 3.8) is 0 Å². The average Bonchev–Trinajstić information content (AvgIpc) is 3.02. The minimum absolute atomic E-state index is 0.172. The van der Waals surface area contributed by atoms with Gasteiger partial charge in [0.2, 0.25) is 0 Å². The summed E-state index contributed by atoms with van der Waals surface area (Å²) < 4.78 is 40.3. The van der Waals surface area contributed by atoms with Gasteiger partial charge in [-0.2, -0.15) is 18.3 Å². The smallest absolute Gasteiger partial charge is 0.289 e. The summed E-state index contributed by atoms with van der Waals surface area (Å²) in [5.41, 5.74) is -0.0527. The number of hydrogen-bond acceptors (Lipinski definition) is 5. The third-order valence-corrected chi connectivity index (χ3v) is 3.81. The highest BCUT2D eigenvalue weighted by atomic mass is 19.4. The van der Waals surface area contributed by atoms with Gasteiger partial charge in [0, 0.05) is 37.8 Å². The molecule has 21 heavy (non-hydrogen) atoms. The van der Waals surface area contributed by atoms with Crippen molar-refractivity contribution in [1.82, 2.24) is 35.3 Å². The summed E-state index contributed by atoms with van der Waals surface area (Å²) in [7, 11) is 1.71. The van der Waals surface area contributed by atoms with E-state index in [2.05, 4.69) is 25.7 Å². The molecule has 0 aromatic carbocycles. The first kappa shape index (κ1) is 14.0. The molecule has 3 heterocycles. The Morgan fingerprint density at radius 1 is 1.33 bits per heavy atom. The summed E-state index contributed by atoms with van der Waals surface area (Å²) in [6.07, 6.45) is -3.95. The van der Waals surface area contributed by atoms with Crippen molar-refractivity contribution in [3.05, 3.63) is 22.8 Å². The highest BCUT2D eigenvalue weighted by Gasteiger charge is 2.40. The molecule has 2 aromatic rings. The molecule has 0 spiro atoms. The second-order valence-corrected chi connectivity index (χ2v) is 5.08. The Balaban J connectivity index is 1.87. The first-order valence-electron chi connectivity index (χ1n) is 6.47. The van der Waals surface area contributed by atoms with Crippen LogP contribution in [0.3, 0.4) is 0 Å². The first-order valence-corrected chi connectivity index (χ1v) is 6.47. The fraction of sp³-hybridized carbons (Fsp3) is 0.636. The third kappa shape index (κ3) is 2.39. The zero-order valence-electron chi connectivity index (χ0n) is 11.5. The summed E-state index contributed by atoms with van der Waals surface area (Å²) in [4.78, 5) is 1.92. The van der Waals surface area contributed by atoms with Crippen LogP contribution in [0.15, 0.2) is 0 Å². The SMILES string of the molecule is CC(c1nnnn1C)N1CCc2[nH]nc(C(F)(F)F)c2C1. The number of nitrogens with zero attached hydrogens (tertiary/aromatic N) is 6. The van der Waals surface area contributed by atoms with Gasteiger partial charge in [0.1, 0.15) is 0 Å². The van der Waals surface area contributed by atoms with Crippen LogP contribution in [-0.4, -0.2) is 41.8 Å². The molecule has 0 saturated heterocycles. The Morgan fingerprint density at radius 2 is 2.10 bits per heavy atom. The molecule has 0 aliphatic carbocycles. The van der Waals surface area contributed by atoms with E-state index in [4.69, 9.17) is 0 Å². The summed E-state index contributed by atoms with van der Waals surface area (Å²) in [6, 6.07) is -0.172. The predicted octanol–water partition coefficient (Wildman–Crippen LogP) is 1.07. The molecular weight excluding hydrogens is 287 g/mol. The highest BCUT2D eigenvalue weighted by molar-refractivity contribution is 5.29. The normalized spacial score (nSPS) is 17.8. The summed E-state index contributed by atoms with van der Waals surface area (Å²) in [5, 5.41) is 17.2. The number of aromatic amines is 1. The van der Waals surface area contributed by atoms with Crippen molar-refractivity contribution in [2.75, 3.05) is 6.54 Å². The fourth-order valence-corrected chi connectivity index (χ4v) is 2.63. The van der Waals surface area contributed by atoms with Crippen molar-refractivity contribution < 1.29 is 13.2 Å². The molecule has 0 saturated carbocycles. The second kappa shape index (κ2) is 4.79. The summed E-state index contributed by atoms with van der Waals surface area (Å²) in [5.74, 6) is 0.621. The van der Waals surface area contributed by atoms with E-state index in [0.29, 0.717) is 24.5 Å². The zero-order valence-corrected chi connectivity index (χ0v) is 11.5. The maximum Gasteiger partial charge on any atom is 0.435 e. The topological polar surface area (TPSA) is 75.5 Å². The van der Waals surface area contributed by atoms with Gasteiger partial charge in [-0.25, -0.2) is 4.68 Å². The fourth-order valence-electron chi connectivity index (χ4n) is 2.63. The third-order valence-electron chi connectivity index (χ3n) is 3.81. The van der Waals surface area contributed by atoms with Crippen LogP contribution in [0, 0.1) is 0 Å². The number of rotatable bonds is 2. The van der Waals surface area contributed by atoms with Gasteiger partial charge in [-0.3, -0.25) is 10.00 Å². The molecule has 1 N–H and O–H groups in total. The van der Waals surface area contributed by atoms with Crippen LogP contribution >= 0.6 is 0 Å². The maximum atomic E-state index is 12.9. The lowest BCUT2D eigenvalue weighted by molar-refractivity contribution is -0.142. The predicted molar refractivity (Wildman–Crippen MR) is 64.9 cm³/mol. The number of hydrogen-bond donors (Lipinski definition) is 1. The number of H-pyrrole nitrogens is 1. The van der Waals surface area contributed by atoms with Crippen molar-refractivity contribution in [3.8, 4) is 0 Å². The zero-order chi connectivity index (χ0) is 15.2. The molecule has 114 valence electrons. The maximum absolute atomic E-state index is 12.9. The molecule has 10 heteroatoms. The Bertz CT molecular complexity index is 645. The number of alkyl halides is 3. The van der Waals surface area contributed by atoms with E-state index in [9.17, 15) is 13.2 Å². The molecule has 1 atom stereocenters. The molecule has 0 bridgehead atoms. The number of nitrogens with one attached hydrogen (secondary N) is 1. The quantitative estimate of drug-likeness (QED) is 0.898. The van der Waals surface area contributed by atoms with Gasteiger partial charge in [0.25, 0.3) is 0 Å². The van der Waals surface area contributed by atoms with Crippen molar-refractivity contribution in [2.24, 2.45) is 7.05 Å². The van der Waals surface area contributed by atoms with Crippen LogP contribution in [0.2, 0.25) is 0 Å². The van der Waals surface area contributed by atoms with E-state index in [0.717, 1.165) is 0 Å². The molecule has 7 nitrogen and oxygen atoms in total. The van der Waals surface area contributed by atoms with Crippen LogP contribution in [0.4, 0.5) is 13.2 Å². The van der Waals surface area contributed by atoms with Gasteiger partial charge in [-0.05, 0) is 17.4 Å². The van der Waals surface area contributed by atoms with E-state index < -0.39 is 11.9 Å². The number of aryl methyl sites for hydroxylation is 1. The molecule has 0 fully saturated rings. The van der Waals surface area contributed by atoms with Gasteiger partial charge in [-0.15, -0.1) is 5.10 Å². The monoisotopic (exact) mass is 301 g/mol. The van der Waals surface area contributed by atoms with Crippen LogP contribution in [0.25, 0.3) is 0 Å². The molecule has 3 rings (SSSR count). The van der Waals surface area contributed by atoms with Crippen molar-refractivity contribution in [2.45, 2.75) is 32.1 Å². The standard InChI is InChI=1S/C11H14F3N7/c1-6(10-17-18-19-20(10)2)21-4-3-8-7(5-21)9(16-15-8)11(12,13)14/h6H,3-5H2,1-2H3,(H,15,16). The largest absolute Gasteiger partial charge is 0.435 e. The highest BCUT2D eigenvalue weighted by Crippen LogP contribution is 2.35. The summed E-state index contributed by atoms with van der Waals surface area (Å²) in [6.45, 7) is 2.68. The summed E-state index contributed by atoms with van der Waals surface area (Å²) >= 11 is 0. The van der Waals surface area contributed by atoms with Crippen LogP contribution in [0.5, 0.6) is 0 Å². The van der Waals surface area contributed by atoms with Crippen LogP contribution < -0.4 is 0 Å². The lowest BCUT2D eigenvalue weighted by Gasteiger charge is -2.31. The number of tetrazole rings is 1. The Kier molecular flexibility index (Phi) is 3.19. The molecule has 2 aromatic heterocycles. The second-order valence-electron chi connectivity index (χ2n) is 5.08. The number of aromatic nitrogens is 6. The van der Waals surface area contributed by atoms with E-state index in [1.165, 1.54) is 4.68 Å². The Hall–Kier alpha value is -1.97. The molecule has 1 unspecified atom stereocenters. The van der Waals surface area contributed by atoms with E-state index in [1.807, 2.05) is 11.8 Å². The number of fused-ring (bicyclic) bond motifs is 1. The van der Waals surface area contributed by atoms with E-state index >= 15 is 0 Å². The first-order chi connectivity index (χ1) is 9.88. The molecule has 0 radical (unpaired) electrons. The van der Waals surface area contributed by atoms with Crippen molar-refractivity contribution >= 4 is 0 Å². The van der Waals surface area contributed by atoms with Crippen LogP contribution in [0.1, 0.15) is 35.7 Å². The Morgan fingerprint density at radius 3 is 2.71 bits per heavy atom. The molecular formula is C11H14F3N7. The van der Waals surface area contributed by atoms with Crippen LogP contribution in [-0.2, 0) is 26.2 Å². The average molecular weight is 301 g/mol. The molecule has 1 aliphatic heterocycles. The minimum Gasteiger partial charge on any atom is -0.289 e. The van der Waals surface area contributed by atoms with E-state index in [1.54, 1.807) is 7.05 Å². The Labute approximate surface area is 118 Å². The number of halogens is 3.